The van der Waals surface area contributed by atoms with Crippen LogP contribution in [0.2, 0.25) is 0 Å². The third-order valence-corrected chi connectivity index (χ3v) is 2.37. The van der Waals surface area contributed by atoms with Gasteiger partial charge >= 0.3 is 11.4 Å². The summed E-state index contributed by atoms with van der Waals surface area (Å²) in [5.41, 5.74) is -2.85. The summed E-state index contributed by atoms with van der Waals surface area (Å²) < 4.78 is 74.8. The highest BCUT2D eigenvalue weighted by Gasteiger charge is 2.38. The molecular formula is C9H6F6OS. The van der Waals surface area contributed by atoms with E-state index in [4.69, 9.17) is 5.11 Å². The van der Waals surface area contributed by atoms with Crippen molar-refractivity contribution in [2.45, 2.75) is 18.0 Å². The van der Waals surface area contributed by atoms with E-state index in [9.17, 15) is 25.8 Å². The molecule has 1 aromatic carbocycles. The standard InChI is InChI=1S/C9H6F6OS/c10-8(11,12)6-1-5(4-16)2-7(3-6)9(13,14)17-15/h1-3,16H,4H2. The molecule has 1 nitrogen and oxygen atoms in total. The van der Waals surface area contributed by atoms with Gasteiger partial charge in [-0.05, 0) is 23.8 Å². The number of halogens is 6. The van der Waals surface area contributed by atoms with Gasteiger partial charge in [0, 0.05) is 5.56 Å². The number of aliphatic hydroxyl groups excluding tert-OH is 1. The summed E-state index contributed by atoms with van der Waals surface area (Å²) in [6.45, 7) is -0.843. The third-order valence-electron chi connectivity index (χ3n) is 1.94. The predicted octanol–water partition coefficient (Wildman–Crippen LogP) is 3.86. The number of benzene rings is 1. The first-order chi connectivity index (χ1) is 7.70. The van der Waals surface area contributed by atoms with Crippen LogP contribution in [0.3, 0.4) is 0 Å². The molecule has 0 aromatic heterocycles. The first kappa shape index (κ1) is 14.2. The van der Waals surface area contributed by atoms with Crippen molar-refractivity contribution in [2.75, 3.05) is 0 Å². The Morgan fingerprint density at radius 2 is 1.53 bits per heavy atom. The fraction of sp³-hybridized carbons (Fsp3) is 0.333. The second-order valence-corrected chi connectivity index (χ2v) is 3.84. The van der Waals surface area contributed by atoms with Crippen molar-refractivity contribution >= 4 is 12.1 Å². The average molecular weight is 276 g/mol. The Balaban J connectivity index is 3.34. The molecule has 17 heavy (non-hydrogen) atoms. The van der Waals surface area contributed by atoms with Crippen molar-refractivity contribution in [1.82, 2.24) is 0 Å². The quantitative estimate of drug-likeness (QED) is 0.846. The Labute approximate surface area is 96.7 Å². The predicted molar refractivity (Wildman–Crippen MR) is 50.0 cm³/mol. The fourth-order valence-corrected chi connectivity index (χ4v) is 1.37. The normalized spacial score (nSPS) is 12.9. The Kier molecular flexibility index (Phi) is 3.98. The lowest BCUT2D eigenvalue weighted by atomic mass is 10.1. The minimum Gasteiger partial charge on any atom is -0.392 e. The van der Waals surface area contributed by atoms with Gasteiger partial charge in [-0.1, -0.05) is 0 Å². The van der Waals surface area contributed by atoms with E-state index in [0.717, 1.165) is 0 Å². The van der Waals surface area contributed by atoms with E-state index in [1.807, 2.05) is 0 Å². The Morgan fingerprint density at radius 1 is 1.00 bits per heavy atom. The summed E-state index contributed by atoms with van der Waals surface area (Å²) in [4.78, 5) is 0. The van der Waals surface area contributed by atoms with Crippen molar-refractivity contribution in [1.29, 1.82) is 0 Å². The average Bonchev–Trinajstić information content (AvgIpc) is 2.27. The second kappa shape index (κ2) is 4.77. The zero-order chi connectivity index (χ0) is 13.3. The molecule has 0 amide bonds. The summed E-state index contributed by atoms with van der Waals surface area (Å²) in [5, 5.41) is 4.60. The lowest BCUT2D eigenvalue weighted by molar-refractivity contribution is -0.137. The minimum absolute atomic E-state index is 0.158. The molecule has 8 heteroatoms. The first-order valence-corrected chi connectivity index (χ1v) is 4.92. The summed E-state index contributed by atoms with van der Waals surface area (Å²) in [6, 6.07) is 1.32. The SMILES string of the molecule is OCc1cc(C(F)(F)F)cc(C(F)(F)SF)c1. The second-order valence-electron chi connectivity index (χ2n) is 3.17. The molecule has 1 N–H and O–H groups in total. The monoisotopic (exact) mass is 276 g/mol. The van der Waals surface area contributed by atoms with E-state index in [2.05, 4.69) is 0 Å². The van der Waals surface area contributed by atoms with E-state index >= 15 is 0 Å². The lowest BCUT2D eigenvalue weighted by Gasteiger charge is -2.15. The molecule has 0 unspecified atom stereocenters. The van der Waals surface area contributed by atoms with Crippen LogP contribution in [0, 0.1) is 0 Å². The molecule has 0 aliphatic heterocycles. The van der Waals surface area contributed by atoms with Crippen LogP contribution in [-0.4, -0.2) is 5.11 Å². The smallest absolute Gasteiger partial charge is 0.392 e. The number of hydrogen-bond donors (Lipinski definition) is 1. The molecule has 0 saturated heterocycles. The van der Waals surface area contributed by atoms with Gasteiger partial charge in [0.25, 0.3) is 0 Å². The zero-order valence-electron chi connectivity index (χ0n) is 8.06. The van der Waals surface area contributed by atoms with Gasteiger partial charge in [-0.15, -0.1) is 0 Å². The highest BCUT2D eigenvalue weighted by molar-refractivity contribution is 7.94. The van der Waals surface area contributed by atoms with Crippen molar-refractivity contribution in [3.63, 3.8) is 0 Å². The largest absolute Gasteiger partial charge is 0.416 e. The number of alkyl halides is 5. The molecule has 1 aromatic rings. The number of aliphatic hydroxyl groups is 1. The molecule has 1 rings (SSSR count). The van der Waals surface area contributed by atoms with Crippen LogP contribution in [0.15, 0.2) is 18.2 Å². The maximum Gasteiger partial charge on any atom is 0.416 e. The first-order valence-electron chi connectivity index (χ1n) is 4.21. The van der Waals surface area contributed by atoms with Crippen LogP contribution in [0.25, 0.3) is 0 Å². The summed E-state index contributed by atoms with van der Waals surface area (Å²) in [7, 11) is 0. The Bertz CT molecular complexity index is 403. The van der Waals surface area contributed by atoms with Gasteiger partial charge in [-0.25, -0.2) is 0 Å². The van der Waals surface area contributed by atoms with Crippen LogP contribution in [0.1, 0.15) is 16.7 Å². The summed E-state index contributed by atoms with van der Waals surface area (Å²) >= 11 is -1.36. The molecule has 0 fully saturated rings. The van der Waals surface area contributed by atoms with Crippen LogP contribution >= 0.6 is 12.1 Å². The Hall–Kier alpha value is -0.890. The van der Waals surface area contributed by atoms with Crippen LogP contribution in [0.4, 0.5) is 25.8 Å². The van der Waals surface area contributed by atoms with Crippen molar-refractivity contribution in [3.05, 3.63) is 34.9 Å². The fourth-order valence-electron chi connectivity index (χ4n) is 1.16. The van der Waals surface area contributed by atoms with Crippen molar-refractivity contribution in [2.24, 2.45) is 0 Å². The lowest BCUT2D eigenvalue weighted by Crippen LogP contribution is -2.12. The highest BCUT2D eigenvalue weighted by atomic mass is 32.2. The molecule has 0 spiro atoms. The topological polar surface area (TPSA) is 20.2 Å². The molecule has 0 heterocycles. The van der Waals surface area contributed by atoms with Gasteiger partial charge in [0.05, 0.1) is 12.2 Å². The van der Waals surface area contributed by atoms with E-state index in [-0.39, 0.29) is 11.6 Å². The summed E-state index contributed by atoms with van der Waals surface area (Å²) in [5.74, 6) is 0. The third kappa shape index (κ3) is 3.29. The summed E-state index contributed by atoms with van der Waals surface area (Å²) in [6.07, 6.45) is -4.84. The molecular weight excluding hydrogens is 270 g/mol. The molecule has 0 radical (unpaired) electrons. The van der Waals surface area contributed by atoms with Crippen molar-refractivity contribution in [3.8, 4) is 0 Å². The number of rotatable bonds is 3. The van der Waals surface area contributed by atoms with Gasteiger partial charge in [0.2, 0.25) is 0 Å². The minimum atomic E-state index is -4.84. The van der Waals surface area contributed by atoms with Gasteiger partial charge in [-0.2, -0.15) is 25.8 Å². The van der Waals surface area contributed by atoms with E-state index in [1.54, 1.807) is 0 Å². The maximum absolute atomic E-state index is 12.9. The van der Waals surface area contributed by atoms with Crippen LogP contribution < -0.4 is 0 Å². The molecule has 0 aliphatic carbocycles. The molecule has 0 bridgehead atoms. The number of hydrogen-bond acceptors (Lipinski definition) is 2. The van der Waals surface area contributed by atoms with Gasteiger partial charge < -0.3 is 5.11 Å². The Morgan fingerprint density at radius 3 is 1.94 bits per heavy atom. The molecule has 96 valence electrons. The molecule has 0 atom stereocenters. The zero-order valence-corrected chi connectivity index (χ0v) is 8.88. The van der Waals surface area contributed by atoms with E-state index in [1.165, 1.54) is 0 Å². The van der Waals surface area contributed by atoms with E-state index < -0.39 is 41.3 Å². The van der Waals surface area contributed by atoms with Gasteiger partial charge in [0.15, 0.2) is 0 Å². The maximum atomic E-state index is 12.9. The van der Waals surface area contributed by atoms with E-state index in [0.29, 0.717) is 12.1 Å². The van der Waals surface area contributed by atoms with Gasteiger partial charge in [-0.3, -0.25) is 0 Å². The molecule has 0 saturated carbocycles. The van der Waals surface area contributed by atoms with Gasteiger partial charge in [0.1, 0.15) is 12.1 Å². The molecule has 0 aliphatic rings. The van der Waals surface area contributed by atoms with Crippen LogP contribution in [-0.2, 0) is 18.0 Å². The van der Waals surface area contributed by atoms with Crippen LogP contribution in [0.5, 0.6) is 0 Å². The van der Waals surface area contributed by atoms with Crippen molar-refractivity contribution < 1.29 is 30.9 Å². The highest BCUT2D eigenvalue weighted by Crippen LogP contribution is 2.42.